The average molecular weight is 255 g/mol. The quantitative estimate of drug-likeness (QED) is 0.509. The van der Waals surface area contributed by atoms with Crippen molar-refractivity contribution in [2.45, 2.75) is 105 Å². The normalized spacial score (nSPS) is 20.0. The lowest BCUT2D eigenvalue weighted by atomic mass is 10.1. The Labute approximate surface area is 117 Å². The molecule has 0 N–H and O–H groups in total. The molecule has 110 valence electrons. The number of unbranched alkanes of at least 4 members (excludes halogenated alkanes) is 2. The molecule has 2 rings (SSSR count). The van der Waals surface area contributed by atoms with E-state index in [2.05, 4.69) is 27.7 Å². The molecule has 0 bridgehead atoms. The van der Waals surface area contributed by atoms with Crippen molar-refractivity contribution in [3.63, 3.8) is 0 Å². The van der Waals surface area contributed by atoms with E-state index in [1.165, 1.54) is 77.0 Å². The molecule has 0 amide bonds. The Morgan fingerprint density at radius 3 is 1.33 bits per heavy atom. The van der Waals surface area contributed by atoms with Crippen LogP contribution in [0.4, 0.5) is 0 Å². The van der Waals surface area contributed by atoms with Gasteiger partial charge in [0.1, 0.15) is 0 Å². The highest BCUT2D eigenvalue weighted by Gasteiger charge is 2.11. The summed E-state index contributed by atoms with van der Waals surface area (Å²) in [6.45, 7) is 9.07. The van der Waals surface area contributed by atoms with Gasteiger partial charge in [0.05, 0.1) is 0 Å². The fourth-order valence-corrected chi connectivity index (χ4v) is 2.90. The van der Waals surface area contributed by atoms with E-state index in [-0.39, 0.29) is 0 Å². The van der Waals surface area contributed by atoms with Crippen molar-refractivity contribution in [2.24, 2.45) is 11.8 Å². The van der Waals surface area contributed by atoms with Gasteiger partial charge in [-0.15, -0.1) is 0 Å². The zero-order valence-electron chi connectivity index (χ0n) is 13.6. The molecule has 0 aromatic rings. The predicted molar refractivity (Wildman–Crippen MR) is 85.1 cm³/mol. The molecule has 0 aliphatic heterocycles. The summed E-state index contributed by atoms with van der Waals surface area (Å²) in [5.74, 6) is 2.14. The van der Waals surface area contributed by atoms with Gasteiger partial charge in [0, 0.05) is 0 Å². The van der Waals surface area contributed by atoms with Crippen LogP contribution in [0.2, 0.25) is 0 Å². The van der Waals surface area contributed by atoms with E-state index in [0.29, 0.717) is 0 Å². The first-order chi connectivity index (χ1) is 8.74. The monoisotopic (exact) mass is 254 g/mol. The summed E-state index contributed by atoms with van der Waals surface area (Å²) in [6.07, 6.45) is 17.5. The first-order valence-electron chi connectivity index (χ1n) is 8.74. The minimum absolute atomic E-state index is 1.05. The van der Waals surface area contributed by atoms with Gasteiger partial charge >= 0.3 is 0 Å². The minimum Gasteiger partial charge on any atom is -0.0654 e. The molecule has 2 fully saturated rings. The lowest BCUT2D eigenvalue weighted by Crippen LogP contribution is -1.86. The number of hydrogen-bond acceptors (Lipinski definition) is 0. The summed E-state index contributed by atoms with van der Waals surface area (Å²) in [6, 6.07) is 0. The Morgan fingerprint density at radius 1 is 0.722 bits per heavy atom. The largest absolute Gasteiger partial charge is 0.0654 e. The van der Waals surface area contributed by atoms with Crippen molar-refractivity contribution in [3.8, 4) is 0 Å². The zero-order chi connectivity index (χ0) is 13.6. The van der Waals surface area contributed by atoms with E-state index in [9.17, 15) is 0 Å². The van der Waals surface area contributed by atoms with Crippen molar-refractivity contribution >= 4 is 0 Å². The standard InChI is InChI=1S/C7H14.C6H12.C5H12/c1-2-7-5-3-4-6-7;1-6-4-2-3-5-6;1-3-5-4-2/h7H,2-6H2,1H3;6H,2-5H2,1H3;3-5H2,1-2H3. The SMILES string of the molecule is CC1CCCC1.CCC1CCCC1.CCCCC. The summed E-state index contributed by atoms with van der Waals surface area (Å²) >= 11 is 0. The molecular weight excluding hydrogens is 216 g/mol. The second-order valence-corrected chi connectivity index (χ2v) is 6.30. The Morgan fingerprint density at radius 2 is 1.17 bits per heavy atom. The number of rotatable bonds is 3. The van der Waals surface area contributed by atoms with E-state index in [0.717, 1.165) is 11.8 Å². The molecule has 0 aromatic heterocycles. The van der Waals surface area contributed by atoms with Crippen LogP contribution in [-0.2, 0) is 0 Å². The third kappa shape index (κ3) is 11.1. The first kappa shape index (κ1) is 18.0. The molecule has 0 heteroatoms. The lowest BCUT2D eigenvalue weighted by Gasteiger charge is -1.99. The van der Waals surface area contributed by atoms with E-state index >= 15 is 0 Å². The van der Waals surface area contributed by atoms with Crippen LogP contribution in [0.5, 0.6) is 0 Å². The van der Waals surface area contributed by atoms with Gasteiger partial charge < -0.3 is 0 Å². The van der Waals surface area contributed by atoms with E-state index in [1.807, 2.05) is 0 Å². The fourth-order valence-electron chi connectivity index (χ4n) is 2.90. The second kappa shape index (κ2) is 13.4. The fraction of sp³-hybridized carbons (Fsp3) is 1.00. The average Bonchev–Trinajstić information content (AvgIpc) is 3.04. The van der Waals surface area contributed by atoms with Crippen LogP contribution in [-0.4, -0.2) is 0 Å². The van der Waals surface area contributed by atoms with Gasteiger partial charge in [0.15, 0.2) is 0 Å². The van der Waals surface area contributed by atoms with E-state index in [1.54, 1.807) is 0 Å². The summed E-state index contributed by atoms with van der Waals surface area (Å²) in [5, 5.41) is 0. The Kier molecular flexibility index (Phi) is 13.4. The van der Waals surface area contributed by atoms with E-state index < -0.39 is 0 Å². The predicted octanol–water partition coefficient (Wildman–Crippen LogP) is 6.98. The highest BCUT2D eigenvalue weighted by atomic mass is 14.2. The molecule has 0 nitrogen and oxygen atoms in total. The van der Waals surface area contributed by atoms with Crippen molar-refractivity contribution in [1.82, 2.24) is 0 Å². The molecule has 0 heterocycles. The first-order valence-corrected chi connectivity index (χ1v) is 8.74. The molecule has 18 heavy (non-hydrogen) atoms. The van der Waals surface area contributed by atoms with Crippen LogP contribution in [0, 0.1) is 11.8 Å². The van der Waals surface area contributed by atoms with Gasteiger partial charge in [-0.2, -0.15) is 0 Å². The lowest BCUT2D eigenvalue weighted by molar-refractivity contribution is 0.531. The molecule has 0 aromatic carbocycles. The maximum Gasteiger partial charge on any atom is -0.0417 e. The summed E-state index contributed by atoms with van der Waals surface area (Å²) in [4.78, 5) is 0. The molecule has 0 radical (unpaired) electrons. The van der Waals surface area contributed by atoms with Crippen molar-refractivity contribution < 1.29 is 0 Å². The highest BCUT2D eigenvalue weighted by Crippen LogP contribution is 2.26. The van der Waals surface area contributed by atoms with Crippen molar-refractivity contribution in [3.05, 3.63) is 0 Å². The maximum atomic E-state index is 2.34. The van der Waals surface area contributed by atoms with Gasteiger partial charge in [-0.1, -0.05) is 105 Å². The Balaban J connectivity index is 0.000000245. The third-order valence-corrected chi connectivity index (χ3v) is 4.40. The third-order valence-electron chi connectivity index (χ3n) is 4.40. The van der Waals surface area contributed by atoms with Crippen LogP contribution in [0.15, 0.2) is 0 Å². The smallest absolute Gasteiger partial charge is 0.0417 e. The Bertz CT molecular complexity index is 136. The van der Waals surface area contributed by atoms with Crippen LogP contribution in [0.3, 0.4) is 0 Å². The summed E-state index contributed by atoms with van der Waals surface area (Å²) in [5.41, 5.74) is 0. The van der Waals surface area contributed by atoms with Gasteiger partial charge in [0.25, 0.3) is 0 Å². The molecule has 2 aliphatic carbocycles. The van der Waals surface area contributed by atoms with Crippen LogP contribution in [0.1, 0.15) is 105 Å². The van der Waals surface area contributed by atoms with Crippen LogP contribution >= 0.6 is 0 Å². The number of hydrogen-bond donors (Lipinski definition) is 0. The van der Waals surface area contributed by atoms with Gasteiger partial charge in [-0.25, -0.2) is 0 Å². The molecule has 2 saturated carbocycles. The molecule has 0 saturated heterocycles. The topological polar surface area (TPSA) is 0 Å². The molecule has 2 aliphatic rings. The maximum absolute atomic E-state index is 2.34. The van der Waals surface area contributed by atoms with Gasteiger partial charge in [0.2, 0.25) is 0 Å². The Hall–Kier alpha value is 0. The molecule has 0 atom stereocenters. The zero-order valence-corrected chi connectivity index (χ0v) is 13.6. The molecular formula is C18H38. The van der Waals surface area contributed by atoms with E-state index in [4.69, 9.17) is 0 Å². The van der Waals surface area contributed by atoms with Gasteiger partial charge in [-0.05, 0) is 11.8 Å². The summed E-state index contributed by atoms with van der Waals surface area (Å²) < 4.78 is 0. The molecule has 0 spiro atoms. The van der Waals surface area contributed by atoms with Crippen LogP contribution < -0.4 is 0 Å². The van der Waals surface area contributed by atoms with Gasteiger partial charge in [-0.3, -0.25) is 0 Å². The van der Waals surface area contributed by atoms with Crippen molar-refractivity contribution in [2.75, 3.05) is 0 Å². The highest BCUT2D eigenvalue weighted by molar-refractivity contribution is 4.64. The molecule has 0 unspecified atom stereocenters. The summed E-state index contributed by atoms with van der Waals surface area (Å²) in [7, 11) is 0. The van der Waals surface area contributed by atoms with Crippen LogP contribution in [0.25, 0.3) is 0 Å². The minimum atomic E-state index is 1.05. The van der Waals surface area contributed by atoms with Crippen molar-refractivity contribution in [1.29, 1.82) is 0 Å². The second-order valence-electron chi connectivity index (χ2n) is 6.30.